The Hall–Kier alpha value is -1.87. The van der Waals surface area contributed by atoms with Crippen LogP contribution in [0.4, 0.5) is 0 Å². The fourth-order valence-corrected chi connectivity index (χ4v) is 2.37. The molecule has 0 saturated heterocycles. The molecule has 0 radical (unpaired) electrons. The Labute approximate surface area is 119 Å². The van der Waals surface area contributed by atoms with Crippen LogP contribution in [0.3, 0.4) is 0 Å². The van der Waals surface area contributed by atoms with Gasteiger partial charge in [0.1, 0.15) is 6.61 Å². The molecule has 0 bridgehead atoms. The Morgan fingerprint density at radius 2 is 2.20 bits per heavy atom. The number of rotatable bonds is 6. The summed E-state index contributed by atoms with van der Waals surface area (Å²) in [5, 5.41) is 30.4. The van der Waals surface area contributed by atoms with Crippen molar-refractivity contribution in [2.45, 2.75) is 25.2 Å². The highest BCUT2D eigenvalue weighted by Gasteiger charge is 2.15. The van der Waals surface area contributed by atoms with Gasteiger partial charge in [0.25, 0.3) is 0 Å². The molecule has 0 fully saturated rings. The van der Waals surface area contributed by atoms with Gasteiger partial charge in [0.15, 0.2) is 11.0 Å². The van der Waals surface area contributed by atoms with Crippen molar-refractivity contribution >= 4 is 17.7 Å². The van der Waals surface area contributed by atoms with Crippen LogP contribution in [0.2, 0.25) is 0 Å². The molecule has 0 atom stereocenters. The van der Waals surface area contributed by atoms with Crippen molar-refractivity contribution in [2.75, 3.05) is 5.75 Å². The van der Waals surface area contributed by atoms with E-state index in [4.69, 9.17) is 5.11 Å². The van der Waals surface area contributed by atoms with Gasteiger partial charge in [-0.25, -0.2) is 0 Å². The van der Waals surface area contributed by atoms with E-state index in [1.165, 1.54) is 0 Å². The van der Waals surface area contributed by atoms with Crippen LogP contribution in [0.5, 0.6) is 0 Å². The number of aliphatic hydroxyl groups excluding tert-OH is 1. The van der Waals surface area contributed by atoms with E-state index in [0.717, 1.165) is 23.0 Å². The van der Waals surface area contributed by atoms with Gasteiger partial charge >= 0.3 is 5.97 Å². The van der Waals surface area contributed by atoms with E-state index in [-0.39, 0.29) is 12.4 Å². The Morgan fingerprint density at radius 1 is 1.45 bits per heavy atom. The van der Waals surface area contributed by atoms with Gasteiger partial charge in [-0.1, -0.05) is 11.8 Å². The molecular weight excluding hydrogens is 282 g/mol. The van der Waals surface area contributed by atoms with Gasteiger partial charge in [-0.2, -0.15) is 5.10 Å². The van der Waals surface area contributed by atoms with Gasteiger partial charge in [0, 0.05) is 18.3 Å². The average molecular weight is 297 g/mol. The van der Waals surface area contributed by atoms with E-state index in [1.807, 2.05) is 14.0 Å². The minimum atomic E-state index is -0.923. The van der Waals surface area contributed by atoms with E-state index in [2.05, 4.69) is 15.3 Å². The number of nitrogens with zero attached hydrogens (tertiary/aromatic N) is 5. The van der Waals surface area contributed by atoms with E-state index in [1.54, 1.807) is 15.4 Å². The van der Waals surface area contributed by atoms with Crippen LogP contribution < -0.4 is 0 Å². The van der Waals surface area contributed by atoms with Crippen LogP contribution >= 0.6 is 11.8 Å². The Balaban J connectivity index is 2.26. The second-order valence-corrected chi connectivity index (χ2v) is 5.15. The third-order valence-corrected chi connectivity index (χ3v) is 3.88. The number of hydrogen-bond acceptors (Lipinski definition) is 6. The lowest BCUT2D eigenvalue weighted by atomic mass is 10.2. The van der Waals surface area contributed by atoms with Crippen LogP contribution in [0.1, 0.15) is 17.1 Å². The van der Waals surface area contributed by atoms with Crippen LogP contribution in [0.15, 0.2) is 11.4 Å². The molecule has 20 heavy (non-hydrogen) atoms. The lowest BCUT2D eigenvalue weighted by molar-refractivity contribution is -0.133. The molecule has 0 unspecified atom stereocenters. The number of aryl methyl sites for hydroxylation is 1. The van der Waals surface area contributed by atoms with E-state index < -0.39 is 5.97 Å². The molecule has 108 valence electrons. The first-order chi connectivity index (χ1) is 9.52. The highest BCUT2D eigenvalue weighted by atomic mass is 32.2. The second-order valence-electron chi connectivity index (χ2n) is 4.20. The van der Waals surface area contributed by atoms with Crippen LogP contribution in [0, 0.1) is 6.92 Å². The summed E-state index contributed by atoms with van der Waals surface area (Å²) in [6.45, 7) is 2.14. The second kappa shape index (κ2) is 6.06. The first-order valence-corrected chi connectivity index (χ1v) is 6.86. The minimum absolute atomic E-state index is 0.102. The molecule has 8 nitrogen and oxygen atoms in total. The SMILES string of the molecule is Cc1c(Cn2c(CO)nnc2SCC(=O)O)cnn1C. The number of carboxylic acids is 1. The van der Waals surface area contributed by atoms with Crippen LogP contribution in [-0.4, -0.2) is 46.5 Å². The predicted octanol–water partition coefficient (Wildman–Crippen LogP) is 0.0373. The first-order valence-electron chi connectivity index (χ1n) is 5.88. The quantitative estimate of drug-likeness (QED) is 0.725. The summed E-state index contributed by atoms with van der Waals surface area (Å²) in [5.41, 5.74) is 1.97. The topological polar surface area (TPSA) is 106 Å². The molecule has 0 aromatic carbocycles. The molecule has 0 aliphatic heterocycles. The van der Waals surface area contributed by atoms with Crippen molar-refractivity contribution < 1.29 is 15.0 Å². The zero-order valence-electron chi connectivity index (χ0n) is 11.1. The van der Waals surface area contributed by atoms with Gasteiger partial charge in [-0.3, -0.25) is 14.0 Å². The van der Waals surface area contributed by atoms with Crippen LogP contribution in [0.25, 0.3) is 0 Å². The largest absolute Gasteiger partial charge is 0.481 e. The molecule has 2 N–H and O–H groups in total. The number of carbonyl (C=O) groups is 1. The summed E-state index contributed by atoms with van der Waals surface area (Å²) in [7, 11) is 1.85. The monoisotopic (exact) mass is 297 g/mol. The van der Waals surface area contributed by atoms with Crippen molar-refractivity contribution in [2.24, 2.45) is 7.05 Å². The molecule has 2 rings (SSSR count). The fraction of sp³-hybridized carbons (Fsp3) is 0.455. The minimum Gasteiger partial charge on any atom is -0.481 e. The van der Waals surface area contributed by atoms with Crippen molar-refractivity contribution in [3.8, 4) is 0 Å². The average Bonchev–Trinajstić information content (AvgIpc) is 2.94. The zero-order valence-corrected chi connectivity index (χ0v) is 12.0. The molecule has 0 spiro atoms. The number of hydrogen-bond donors (Lipinski definition) is 2. The number of carboxylic acid groups (broad SMARTS) is 1. The van der Waals surface area contributed by atoms with Gasteiger partial charge < -0.3 is 10.2 Å². The first kappa shape index (κ1) is 14.5. The van der Waals surface area contributed by atoms with E-state index in [9.17, 15) is 9.90 Å². The molecule has 0 aliphatic carbocycles. The summed E-state index contributed by atoms with van der Waals surface area (Å²) in [5.74, 6) is -0.621. The standard InChI is InChI=1S/C11H15N5O3S/c1-7-8(3-12-15(7)2)4-16-9(5-17)13-14-11(16)20-6-10(18)19/h3,17H,4-6H2,1-2H3,(H,18,19). The molecule has 0 aliphatic rings. The maximum atomic E-state index is 10.6. The smallest absolute Gasteiger partial charge is 0.313 e. The van der Waals surface area contributed by atoms with Gasteiger partial charge in [-0.15, -0.1) is 10.2 Å². The number of aromatic nitrogens is 5. The van der Waals surface area contributed by atoms with Crippen molar-refractivity contribution in [3.05, 3.63) is 23.3 Å². The number of thioether (sulfide) groups is 1. The molecule has 2 aromatic rings. The summed E-state index contributed by atoms with van der Waals surface area (Å²) in [6, 6.07) is 0. The van der Waals surface area contributed by atoms with E-state index >= 15 is 0 Å². The van der Waals surface area contributed by atoms with Gasteiger partial charge in [0.2, 0.25) is 0 Å². The van der Waals surface area contributed by atoms with Crippen molar-refractivity contribution in [1.82, 2.24) is 24.5 Å². The summed E-state index contributed by atoms with van der Waals surface area (Å²) in [6.07, 6.45) is 1.74. The lowest BCUT2D eigenvalue weighted by Crippen LogP contribution is -2.09. The normalized spacial score (nSPS) is 10.9. The molecule has 2 heterocycles. The maximum absolute atomic E-state index is 10.6. The number of aliphatic hydroxyl groups is 1. The predicted molar refractivity (Wildman–Crippen MR) is 71.4 cm³/mol. The highest BCUT2D eigenvalue weighted by Crippen LogP contribution is 2.19. The summed E-state index contributed by atoms with van der Waals surface area (Å²) in [4.78, 5) is 10.6. The highest BCUT2D eigenvalue weighted by molar-refractivity contribution is 7.99. The van der Waals surface area contributed by atoms with Crippen molar-refractivity contribution in [1.29, 1.82) is 0 Å². The zero-order chi connectivity index (χ0) is 14.7. The summed E-state index contributed by atoms with van der Waals surface area (Å²) < 4.78 is 3.46. The third-order valence-electron chi connectivity index (χ3n) is 2.92. The molecule has 0 amide bonds. The Kier molecular flexibility index (Phi) is 4.40. The fourth-order valence-electron chi connectivity index (χ4n) is 1.70. The Bertz CT molecular complexity index is 622. The number of aliphatic carboxylic acids is 1. The van der Waals surface area contributed by atoms with Gasteiger partial charge in [-0.05, 0) is 6.92 Å². The van der Waals surface area contributed by atoms with Crippen LogP contribution in [-0.2, 0) is 25.0 Å². The molecule has 2 aromatic heterocycles. The van der Waals surface area contributed by atoms with E-state index in [0.29, 0.717) is 17.5 Å². The Morgan fingerprint density at radius 3 is 2.75 bits per heavy atom. The molecule has 0 saturated carbocycles. The van der Waals surface area contributed by atoms with Gasteiger partial charge in [0.05, 0.1) is 18.5 Å². The molecular formula is C11H15N5O3S. The summed E-state index contributed by atoms with van der Waals surface area (Å²) >= 11 is 1.07. The lowest BCUT2D eigenvalue weighted by Gasteiger charge is -2.08. The third kappa shape index (κ3) is 2.99. The molecule has 9 heteroatoms. The maximum Gasteiger partial charge on any atom is 0.313 e. The van der Waals surface area contributed by atoms with Crippen molar-refractivity contribution in [3.63, 3.8) is 0 Å².